The molecule has 0 spiro atoms. The molecule has 0 radical (unpaired) electrons. The first-order valence-electron chi connectivity index (χ1n) is 8.46. The molecule has 0 amide bonds. The van der Waals surface area contributed by atoms with Crippen LogP contribution in [0.5, 0.6) is 0 Å². The maximum atomic E-state index is 14.4. The molecule has 0 unspecified atom stereocenters. The zero-order valence-electron chi connectivity index (χ0n) is 15.2. The van der Waals surface area contributed by atoms with E-state index in [-0.39, 0.29) is 36.7 Å². The van der Waals surface area contributed by atoms with Crippen LogP contribution in [-0.2, 0) is 22.9 Å². The van der Waals surface area contributed by atoms with Crippen LogP contribution in [0.3, 0.4) is 0 Å². The maximum absolute atomic E-state index is 14.4. The smallest absolute Gasteiger partial charge is 0.386 e. The number of nitrogens with two attached hydrogens (primary N) is 1. The molecule has 3 rings (SSSR count). The van der Waals surface area contributed by atoms with Gasteiger partial charge in [0, 0.05) is 18.2 Å². The number of rotatable bonds is 4. The fourth-order valence-electron chi connectivity index (χ4n) is 3.04. The normalized spacial score (nSPS) is 19.7. The Morgan fingerprint density at radius 1 is 1.34 bits per heavy atom. The Morgan fingerprint density at radius 3 is 2.69 bits per heavy atom. The molecule has 10 heteroatoms. The summed E-state index contributed by atoms with van der Waals surface area (Å²) >= 11 is 5.82. The fraction of sp³-hybridized carbons (Fsp3) is 0.316. The number of hydrogen-bond acceptors (Lipinski definition) is 5. The highest BCUT2D eigenvalue weighted by molar-refractivity contribution is 6.33. The average Bonchev–Trinajstić information content (AvgIpc) is 2.62. The molecule has 0 fully saturated rings. The van der Waals surface area contributed by atoms with E-state index in [2.05, 4.69) is 9.98 Å². The van der Waals surface area contributed by atoms with Crippen molar-refractivity contribution in [1.29, 1.82) is 0 Å². The number of carbonyl (C=O) groups is 1. The molecule has 29 heavy (non-hydrogen) atoms. The van der Waals surface area contributed by atoms with Gasteiger partial charge in [-0.1, -0.05) is 17.7 Å². The summed E-state index contributed by atoms with van der Waals surface area (Å²) in [6.45, 7) is 1.90. The molecule has 1 aromatic carbocycles. The number of carbonyl (C=O) groups excluding carboxylic acids is 1. The van der Waals surface area contributed by atoms with E-state index in [4.69, 9.17) is 22.1 Å². The molecule has 2 heterocycles. The second-order valence-corrected chi connectivity index (χ2v) is 7.24. The second-order valence-electron chi connectivity index (χ2n) is 6.84. The Kier molecular flexibility index (Phi) is 5.64. The SMILES string of the molecule is C[C@@]1(c2cc(CC(=O)c3ncc(C(F)(F)F)cc3Cl)ccc2F)COCC(N)=N1. The topological polar surface area (TPSA) is 77.6 Å². The third-order valence-corrected chi connectivity index (χ3v) is 4.72. The first kappa shape index (κ1) is 21.2. The molecule has 154 valence electrons. The van der Waals surface area contributed by atoms with Crippen molar-refractivity contribution in [2.45, 2.75) is 25.1 Å². The Labute approximate surface area is 168 Å². The van der Waals surface area contributed by atoms with E-state index in [1.807, 2.05) is 0 Å². The highest BCUT2D eigenvalue weighted by atomic mass is 35.5. The van der Waals surface area contributed by atoms with Crippen LogP contribution in [0, 0.1) is 5.82 Å². The minimum atomic E-state index is -4.62. The number of pyridine rings is 1. The molecule has 5 nitrogen and oxygen atoms in total. The fourth-order valence-corrected chi connectivity index (χ4v) is 3.31. The minimum absolute atomic E-state index is 0.105. The van der Waals surface area contributed by atoms with E-state index in [0.717, 1.165) is 0 Å². The summed E-state index contributed by atoms with van der Waals surface area (Å²) in [4.78, 5) is 20.3. The predicted octanol–water partition coefficient (Wildman–Crippen LogP) is 3.92. The Balaban J connectivity index is 1.88. The highest BCUT2D eigenvalue weighted by Gasteiger charge is 2.34. The predicted molar refractivity (Wildman–Crippen MR) is 98.5 cm³/mol. The number of Topliss-reactive ketones (excluding diaryl/α,β-unsaturated/α-hetero) is 1. The van der Waals surface area contributed by atoms with Crippen LogP contribution in [0.15, 0.2) is 35.5 Å². The van der Waals surface area contributed by atoms with Crippen molar-refractivity contribution in [2.24, 2.45) is 10.7 Å². The Morgan fingerprint density at radius 2 is 2.07 bits per heavy atom. The van der Waals surface area contributed by atoms with Crippen molar-refractivity contribution in [1.82, 2.24) is 4.98 Å². The van der Waals surface area contributed by atoms with Crippen molar-refractivity contribution in [3.63, 3.8) is 0 Å². The summed E-state index contributed by atoms with van der Waals surface area (Å²) in [5.74, 6) is -0.925. The van der Waals surface area contributed by atoms with Crippen molar-refractivity contribution >= 4 is 23.2 Å². The number of halogens is 5. The summed E-state index contributed by atoms with van der Waals surface area (Å²) in [7, 11) is 0. The van der Waals surface area contributed by atoms with Gasteiger partial charge in [-0.15, -0.1) is 0 Å². The van der Waals surface area contributed by atoms with Gasteiger partial charge in [0.15, 0.2) is 5.78 Å². The number of amidine groups is 1. The van der Waals surface area contributed by atoms with Crippen molar-refractivity contribution in [2.75, 3.05) is 13.2 Å². The molecule has 0 bridgehead atoms. The lowest BCUT2D eigenvalue weighted by atomic mass is 9.90. The van der Waals surface area contributed by atoms with Crippen molar-refractivity contribution in [3.05, 3.63) is 63.7 Å². The van der Waals surface area contributed by atoms with Crippen LogP contribution < -0.4 is 5.73 Å². The van der Waals surface area contributed by atoms with E-state index in [1.165, 1.54) is 18.2 Å². The monoisotopic (exact) mass is 429 g/mol. The van der Waals surface area contributed by atoms with Crippen LogP contribution in [0.2, 0.25) is 5.02 Å². The van der Waals surface area contributed by atoms with Crippen LogP contribution in [-0.4, -0.2) is 29.8 Å². The molecular weight excluding hydrogens is 414 g/mol. The number of ether oxygens (including phenoxy) is 1. The third kappa shape index (κ3) is 4.56. The van der Waals surface area contributed by atoms with Gasteiger partial charge in [-0.3, -0.25) is 14.8 Å². The van der Waals surface area contributed by atoms with E-state index in [0.29, 0.717) is 17.8 Å². The van der Waals surface area contributed by atoms with E-state index < -0.39 is 33.9 Å². The molecule has 2 N–H and O–H groups in total. The van der Waals surface area contributed by atoms with Crippen LogP contribution in [0.4, 0.5) is 17.6 Å². The zero-order valence-corrected chi connectivity index (χ0v) is 15.9. The van der Waals surface area contributed by atoms with E-state index in [9.17, 15) is 22.4 Å². The quantitative estimate of drug-likeness (QED) is 0.590. The third-order valence-electron chi connectivity index (χ3n) is 4.43. The largest absolute Gasteiger partial charge is 0.417 e. The van der Waals surface area contributed by atoms with Gasteiger partial charge < -0.3 is 10.5 Å². The molecular formula is C19H16ClF4N3O2. The number of aliphatic imine (C=N–C) groups is 1. The number of hydrogen-bond donors (Lipinski definition) is 1. The Hall–Kier alpha value is -2.52. The van der Waals surface area contributed by atoms with E-state index >= 15 is 0 Å². The summed E-state index contributed by atoms with van der Waals surface area (Å²) < 4.78 is 57.9. The molecule has 1 aliphatic heterocycles. The molecule has 0 saturated heterocycles. The van der Waals surface area contributed by atoms with Gasteiger partial charge in [-0.25, -0.2) is 4.39 Å². The first-order valence-corrected chi connectivity index (χ1v) is 8.84. The molecule has 1 atom stereocenters. The summed E-state index contributed by atoms with van der Waals surface area (Å²) in [6, 6.07) is 4.69. The van der Waals surface area contributed by atoms with Gasteiger partial charge in [0.25, 0.3) is 0 Å². The summed E-state index contributed by atoms with van der Waals surface area (Å²) in [5.41, 5.74) is 3.91. The zero-order chi connectivity index (χ0) is 21.4. The van der Waals surface area contributed by atoms with Crippen LogP contribution in [0.25, 0.3) is 0 Å². The van der Waals surface area contributed by atoms with Crippen LogP contribution in [0.1, 0.15) is 34.1 Å². The minimum Gasteiger partial charge on any atom is -0.386 e. The van der Waals surface area contributed by atoms with E-state index in [1.54, 1.807) is 6.92 Å². The number of alkyl halides is 3. The molecule has 0 saturated carbocycles. The number of ketones is 1. The van der Waals surface area contributed by atoms with Gasteiger partial charge in [-0.05, 0) is 30.7 Å². The van der Waals surface area contributed by atoms with Gasteiger partial charge in [0.05, 0.1) is 17.2 Å². The maximum Gasteiger partial charge on any atom is 0.417 e. The van der Waals surface area contributed by atoms with Gasteiger partial charge in [-0.2, -0.15) is 13.2 Å². The standard InChI is InChI=1S/C19H16ClF4N3O2/c1-18(9-29-8-16(25)27-18)12-4-10(2-3-14(12)21)5-15(28)17-13(20)6-11(7-26-17)19(22,23)24/h2-4,6-7H,5,8-9H2,1H3,(H2,25,27)/t18-/m0/s1. The number of aromatic nitrogens is 1. The van der Waals surface area contributed by atoms with Gasteiger partial charge >= 0.3 is 6.18 Å². The lowest BCUT2D eigenvalue weighted by molar-refractivity contribution is -0.137. The van der Waals surface area contributed by atoms with Crippen LogP contribution >= 0.6 is 11.6 Å². The van der Waals surface area contributed by atoms with Gasteiger partial charge in [0.2, 0.25) is 0 Å². The van der Waals surface area contributed by atoms with Gasteiger partial charge in [0.1, 0.15) is 29.5 Å². The number of nitrogens with zero attached hydrogens (tertiary/aromatic N) is 2. The summed E-state index contributed by atoms with van der Waals surface area (Å²) in [6.07, 6.45) is -4.31. The average molecular weight is 430 g/mol. The first-order chi connectivity index (χ1) is 13.5. The molecule has 1 aliphatic rings. The Bertz CT molecular complexity index is 994. The lowest BCUT2D eigenvalue weighted by Crippen LogP contribution is -2.38. The molecule has 1 aromatic heterocycles. The number of benzene rings is 1. The second kappa shape index (κ2) is 7.72. The highest BCUT2D eigenvalue weighted by Crippen LogP contribution is 2.33. The molecule has 2 aromatic rings. The van der Waals surface area contributed by atoms with Crippen molar-refractivity contribution < 1.29 is 27.1 Å². The van der Waals surface area contributed by atoms with Crippen molar-refractivity contribution in [3.8, 4) is 0 Å². The summed E-state index contributed by atoms with van der Waals surface area (Å²) in [5, 5.41) is -0.405. The molecule has 0 aliphatic carbocycles. The lowest BCUT2D eigenvalue weighted by Gasteiger charge is -2.30.